The quantitative estimate of drug-likeness (QED) is 0.364. The molecule has 26 heavy (non-hydrogen) atoms. The smallest absolute Gasteiger partial charge is 0.319 e. The second-order valence-corrected chi connectivity index (χ2v) is 8.58. The van der Waals surface area contributed by atoms with Crippen molar-refractivity contribution in [1.29, 1.82) is 0 Å². The van der Waals surface area contributed by atoms with Gasteiger partial charge in [0, 0.05) is 15.8 Å². The van der Waals surface area contributed by atoms with Gasteiger partial charge in [-0.05, 0) is 46.8 Å². The number of esters is 1. The number of amides is 1. The summed E-state index contributed by atoms with van der Waals surface area (Å²) in [5.74, 6) is -0.742. The SMILES string of the molecule is CCCC(=O)Nc1cc(SC(CCC)C(=O)OCC(C)C)c(Br)cc1F. The molecule has 0 aliphatic rings. The highest BCUT2D eigenvalue weighted by atomic mass is 79.9. The van der Waals surface area contributed by atoms with E-state index in [1.165, 1.54) is 17.8 Å². The Morgan fingerprint density at radius 1 is 1.27 bits per heavy atom. The number of benzene rings is 1. The Hall–Kier alpha value is -1.08. The van der Waals surface area contributed by atoms with E-state index in [-0.39, 0.29) is 28.7 Å². The third-order valence-electron chi connectivity index (χ3n) is 3.41. The van der Waals surface area contributed by atoms with Crippen molar-refractivity contribution in [1.82, 2.24) is 0 Å². The van der Waals surface area contributed by atoms with E-state index in [4.69, 9.17) is 4.74 Å². The lowest BCUT2D eigenvalue weighted by molar-refractivity contribution is -0.144. The monoisotopic (exact) mass is 447 g/mol. The third kappa shape index (κ3) is 7.66. The average molecular weight is 448 g/mol. The highest BCUT2D eigenvalue weighted by molar-refractivity contribution is 9.10. The second kappa shape index (κ2) is 11.6. The van der Waals surface area contributed by atoms with Crippen LogP contribution in [0.25, 0.3) is 0 Å². The van der Waals surface area contributed by atoms with Crippen LogP contribution in [0.5, 0.6) is 0 Å². The molecule has 4 nitrogen and oxygen atoms in total. The Morgan fingerprint density at radius 2 is 1.96 bits per heavy atom. The summed E-state index contributed by atoms with van der Waals surface area (Å²) < 4.78 is 20.0. The largest absolute Gasteiger partial charge is 0.465 e. The number of ether oxygens (including phenoxy) is 1. The summed E-state index contributed by atoms with van der Waals surface area (Å²) in [4.78, 5) is 24.8. The van der Waals surface area contributed by atoms with Crippen molar-refractivity contribution in [2.45, 2.75) is 63.5 Å². The average Bonchev–Trinajstić information content (AvgIpc) is 2.56. The zero-order valence-electron chi connectivity index (χ0n) is 15.7. The number of hydrogen-bond acceptors (Lipinski definition) is 4. The Morgan fingerprint density at radius 3 is 2.54 bits per heavy atom. The van der Waals surface area contributed by atoms with Crippen molar-refractivity contribution >= 4 is 45.3 Å². The Balaban J connectivity index is 2.96. The number of rotatable bonds is 10. The highest BCUT2D eigenvalue weighted by Gasteiger charge is 2.23. The first kappa shape index (κ1) is 23.0. The molecule has 0 bridgehead atoms. The molecular formula is C19H27BrFNO3S. The fourth-order valence-electron chi connectivity index (χ4n) is 2.14. The minimum absolute atomic E-state index is 0.125. The summed E-state index contributed by atoms with van der Waals surface area (Å²) in [7, 11) is 0. The maximum absolute atomic E-state index is 14.1. The van der Waals surface area contributed by atoms with Gasteiger partial charge in [-0.15, -0.1) is 11.8 Å². The minimum atomic E-state index is -0.514. The van der Waals surface area contributed by atoms with Crippen LogP contribution in [0.1, 0.15) is 53.4 Å². The molecular weight excluding hydrogens is 421 g/mol. The molecule has 0 heterocycles. The molecule has 1 aromatic carbocycles. The van der Waals surface area contributed by atoms with Crippen molar-refractivity contribution in [2.75, 3.05) is 11.9 Å². The van der Waals surface area contributed by atoms with Crippen LogP contribution in [0.2, 0.25) is 0 Å². The molecule has 1 N–H and O–H groups in total. The van der Waals surface area contributed by atoms with Crippen molar-refractivity contribution < 1.29 is 18.7 Å². The summed E-state index contributed by atoms with van der Waals surface area (Å²) in [6.45, 7) is 8.23. The molecule has 0 saturated carbocycles. The number of halogens is 2. The third-order valence-corrected chi connectivity index (χ3v) is 5.64. The lowest BCUT2D eigenvalue weighted by Crippen LogP contribution is -2.22. The van der Waals surface area contributed by atoms with Gasteiger partial charge in [-0.2, -0.15) is 0 Å². The number of thioether (sulfide) groups is 1. The molecule has 0 spiro atoms. The van der Waals surface area contributed by atoms with Gasteiger partial charge in [-0.1, -0.05) is 34.1 Å². The molecule has 0 aliphatic heterocycles. The number of hydrogen-bond donors (Lipinski definition) is 1. The van der Waals surface area contributed by atoms with Gasteiger partial charge in [-0.3, -0.25) is 9.59 Å². The lowest BCUT2D eigenvalue weighted by Gasteiger charge is -2.17. The number of anilines is 1. The minimum Gasteiger partial charge on any atom is -0.465 e. The van der Waals surface area contributed by atoms with Gasteiger partial charge < -0.3 is 10.1 Å². The maximum atomic E-state index is 14.1. The molecule has 1 amide bonds. The first-order valence-electron chi connectivity index (χ1n) is 8.90. The summed E-state index contributed by atoms with van der Waals surface area (Å²) in [6, 6.07) is 2.88. The molecule has 0 radical (unpaired) electrons. The molecule has 0 aliphatic carbocycles. The molecule has 0 saturated heterocycles. The van der Waals surface area contributed by atoms with Gasteiger partial charge in [0.1, 0.15) is 11.1 Å². The standard InChI is InChI=1S/C19H27BrFNO3S/c1-5-7-16(19(24)25-11-12(3)4)26-17-10-15(14(21)9-13(17)20)22-18(23)8-6-2/h9-10,12,16H,5-8,11H2,1-4H3,(H,22,23). The molecule has 7 heteroatoms. The Kier molecular flexibility index (Phi) is 10.2. The zero-order valence-corrected chi connectivity index (χ0v) is 18.1. The molecule has 1 unspecified atom stereocenters. The summed E-state index contributed by atoms with van der Waals surface area (Å²) in [5.41, 5.74) is 0.125. The fourth-order valence-corrected chi connectivity index (χ4v) is 3.91. The van der Waals surface area contributed by atoms with Crippen molar-refractivity contribution in [3.63, 3.8) is 0 Å². The van der Waals surface area contributed by atoms with Crippen LogP contribution in [0.15, 0.2) is 21.5 Å². The van der Waals surface area contributed by atoms with Gasteiger partial charge in [0.2, 0.25) is 5.91 Å². The molecule has 1 atom stereocenters. The molecule has 1 rings (SSSR count). The predicted molar refractivity (Wildman–Crippen MR) is 108 cm³/mol. The van der Waals surface area contributed by atoms with E-state index < -0.39 is 5.82 Å². The Labute approximate surface area is 167 Å². The second-order valence-electron chi connectivity index (χ2n) is 6.48. The normalized spacial score (nSPS) is 12.1. The highest BCUT2D eigenvalue weighted by Crippen LogP contribution is 2.36. The van der Waals surface area contributed by atoms with Crippen LogP contribution < -0.4 is 5.32 Å². The van der Waals surface area contributed by atoms with Crippen LogP contribution in [0.3, 0.4) is 0 Å². The fraction of sp³-hybridized carbons (Fsp3) is 0.579. The van der Waals surface area contributed by atoms with Crippen molar-refractivity contribution in [2.24, 2.45) is 5.92 Å². The van der Waals surface area contributed by atoms with E-state index in [0.29, 0.717) is 35.2 Å². The van der Waals surface area contributed by atoms with Gasteiger partial charge >= 0.3 is 5.97 Å². The van der Waals surface area contributed by atoms with E-state index in [2.05, 4.69) is 21.2 Å². The Bertz CT molecular complexity index is 625. The maximum Gasteiger partial charge on any atom is 0.319 e. The summed E-state index contributed by atoms with van der Waals surface area (Å²) in [6.07, 6.45) is 2.50. The number of carbonyl (C=O) groups is 2. The summed E-state index contributed by atoms with van der Waals surface area (Å²) >= 11 is 4.67. The molecule has 1 aromatic rings. The van der Waals surface area contributed by atoms with Crippen molar-refractivity contribution in [3.8, 4) is 0 Å². The topological polar surface area (TPSA) is 55.4 Å². The van der Waals surface area contributed by atoms with E-state index in [0.717, 1.165) is 6.42 Å². The van der Waals surface area contributed by atoms with Crippen LogP contribution in [0, 0.1) is 11.7 Å². The van der Waals surface area contributed by atoms with E-state index >= 15 is 0 Å². The van der Waals surface area contributed by atoms with Gasteiger partial charge in [0.25, 0.3) is 0 Å². The van der Waals surface area contributed by atoms with E-state index in [1.54, 1.807) is 6.07 Å². The molecule has 0 fully saturated rings. The van der Waals surface area contributed by atoms with Crippen LogP contribution in [-0.4, -0.2) is 23.7 Å². The number of nitrogens with one attached hydrogen (secondary N) is 1. The zero-order chi connectivity index (χ0) is 19.7. The van der Waals surface area contributed by atoms with E-state index in [1.807, 2.05) is 27.7 Å². The van der Waals surface area contributed by atoms with Crippen LogP contribution in [0.4, 0.5) is 10.1 Å². The first-order chi connectivity index (χ1) is 12.3. The van der Waals surface area contributed by atoms with Crippen molar-refractivity contribution in [3.05, 3.63) is 22.4 Å². The number of carbonyl (C=O) groups excluding carboxylic acids is 2. The predicted octanol–water partition coefficient (Wildman–Crippen LogP) is 5.79. The van der Waals surface area contributed by atoms with Crippen LogP contribution >= 0.6 is 27.7 Å². The summed E-state index contributed by atoms with van der Waals surface area (Å²) in [5, 5.41) is 2.21. The molecule has 0 aromatic heterocycles. The van der Waals surface area contributed by atoms with Gasteiger partial charge in [0.05, 0.1) is 12.3 Å². The van der Waals surface area contributed by atoms with Gasteiger partial charge in [-0.25, -0.2) is 4.39 Å². The van der Waals surface area contributed by atoms with Crippen LogP contribution in [-0.2, 0) is 14.3 Å². The van der Waals surface area contributed by atoms with Gasteiger partial charge in [0.15, 0.2) is 0 Å². The van der Waals surface area contributed by atoms with E-state index in [9.17, 15) is 14.0 Å². The first-order valence-corrected chi connectivity index (χ1v) is 10.6. The molecule has 146 valence electrons. The lowest BCUT2D eigenvalue weighted by atomic mass is 10.2.